The molecule has 2 amide bonds. The van der Waals surface area contributed by atoms with Gasteiger partial charge in [0, 0.05) is 54.4 Å². The SMILES string of the molecule is Cc1ccc2c(NC(=O)CC(C)(C)C)cccc2c1Oc1ncccc1-c1ccnc(N[C@H]2C[C@@H](C)CN(C(=O)O)C2)n1. The molecule has 0 saturated carbocycles. The summed E-state index contributed by atoms with van der Waals surface area (Å²) >= 11 is 0. The molecule has 224 valence electrons. The number of hydrogen-bond acceptors (Lipinski definition) is 7. The Bertz CT molecular complexity index is 1650. The van der Waals surface area contributed by atoms with Crippen LogP contribution in [0.5, 0.6) is 11.6 Å². The Kier molecular flexibility index (Phi) is 8.47. The van der Waals surface area contributed by atoms with Crippen LogP contribution in [-0.2, 0) is 4.79 Å². The lowest BCUT2D eigenvalue weighted by molar-refractivity contribution is -0.117. The van der Waals surface area contributed by atoms with Crippen molar-refractivity contribution in [2.24, 2.45) is 11.3 Å². The van der Waals surface area contributed by atoms with Gasteiger partial charge >= 0.3 is 6.09 Å². The summed E-state index contributed by atoms with van der Waals surface area (Å²) in [6, 6.07) is 15.1. The topological polar surface area (TPSA) is 130 Å². The molecule has 0 unspecified atom stereocenters. The molecule has 0 bridgehead atoms. The monoisotopic (exact) mass is 582 g/mol. The Morgan fingerprint density at radius 2 is 1.84 bits per heavy atom. The molecule has 2 atom stereocenters. The van der Waals surface area contributed by atoms with Gasteiger partial charge in [-0.15, -0.1) is 0 Å². The van der Waals surface area contributed by atoms with Crippen LogP contribution in [0, 0.1) is 18.3 Å². The quantitative estimate of drug-likeness (QED) is 0.213. The van der Waals surface area contributed by atoms with Crippen LogP contribution in [0.15, 0.2) is 60.9 Å². The van der Waals surface area contributed by atoms with Gasteiger partial charge in [0.25, 0.3) is 0 Å². The Hall–Kier alpha value is -4.73. The summed E-state index contributed by atoms with van der Waals surface area (Å²) in [5, 5.41) is 17.6. The van der Waals surface area contributed by atoms with Crippen molar-refractivity contribution in [2.45, 2.75) is 53.5 Å². The van der Waals surface area contributed by atoms with E-state index >= 15 is 0 Å². The van der Waals surface area contributed by atoms with Gasteiger partial charge in [-0.25, -0.2) is 19.7 Å². The molecule has 5 rings (SSSR count). The third-order valence-electron chi connectivity index (χ3n) is 7.34. The summed E-state index contributed by atoms with van der Waals surface area (Å²) in [6.45, 7) is 11.0. The van der Waals surface area contributed by atoms with Gasteiger partial charge in [0.05, 0.1) is 11.3 Å². The van der Waals surface area contributed by atoms with Crippen LogP contribution in [0.1, 0.15) is 46.1 Å². The van der Waals surface area contributed by atoms with Gasteiger partial charge in [0.2, 0.25) is 17.7 Å². The van der Waals surface area contributed by atoms with Crippen LogP contribution in [0.3, 0.4) is 0 Å². The van der Waals surface area contributed by atoms with Gasteiger partial charge in [-0.2, -0.15) is 0 Å². The molecule has 1 fully saturated rings. The van der Waals surface area contributed by atoms with Crippen molar-refractivity contribution in [1.82, 2.24) is 19.9 Å². The number of fused-ring (bicyclic) bond motifs is 1. The predicted molar refractivity (Wildman–Crippen MR) is 168 cm³/mol. The number of carbonyl (C=O) groups excluding carboxylic acids is 1. The summed E-state index contributed by atoms with van der Waals surface area (Å²) in [6.07, 6.45) is 3.63. The maximum absolute atomic E-state index is 12.7. The van der Waals surface area contributed by atoms with Crippen LogP contribution in [0.25, 0.3) is 22.0 Å². The minimum Gasteiger partial charge on any atom is -0.465 e. The number of aryl methyl sites for hydroxylation is 1. The highest BCUT2D eigenvalue weighted by Gasteiger charge is 2.28. The number of carboxylic acid groups (broad SMARTS) is 1. The van der Waals surface area contributed by atoms with E-state index < -0.39 is 6.09 Å². The van der Waals surface area contributed by atoms with E-state index in [0.29, 0.717) is 48.3 Å². The Morgan fingerprint density at radius 3 is 2.60 bits per heavy atom. The largest absolute Gasteiger partial charge is 0.465 e. The van der Waals surface area contributed by atoms with E-state index in [-0.39, 0.29) is 23.3 Å². The van der Waals surface area contributed by atoms with Crippen LogP contribution in [-0.4, -0.2) is 56.1 Å². The average molecular weight is 583 g/mol. The van der Waals surface area contributed by atoms with E-state index in [1.165, 1.54) is 4.90 Å². The summed E-state index contributed by atoms with van der Waals surface area (Å²) in [5.41, 5.74) is 2.82. The number of carbonyl (C=O) groups is 2. The van der Waals surface area contributed by atoms with Gasteiger partial charge in [-0.1, -0.05) is 52.0 Å². The van der Waals surface area contributed by atoms with Crippen LogP contribution in [0.2, 0.25) is 0 Å². The second kappa shape index (κ2) is 12.2. The minimum atomic E-state index is -0.923. The standard InChI is InChI=1S/C33H38N6O4/c1-20-16-22(19-39(18-20)32(41)42)36-31-35-15-13-27(38-31)25-9-7-14-34-30(25)43-29-21(2)11-12-23-24(29)8-6-10-26(23)37-28(40)17-33(3,4)5/h6-15,20,22H,16-19H2,1-5H3,(H,37,40)(H,41,42)(H,35,36,38)/t20-,22+/m1/s1. The van der Waals surface area contributed by atoms with Crippen molar-refractivity contribution in [1.29, 1.82) is 0 Å². The first-order valence-electron chi connectivity index (χ1n) is 14.5. The van der Waals surface area contributed by atoms with E-state index in [1.807, 2.05) is 77.1 Å². The summed E-state index contributed by atoms with van der Waals surface area (Å²) < 4.78 is 6.52. The molecule has 0 radical (unpaired) electrons. The molecule has 2 aromatic heterocycles. The van der Waals surface area contributed by atoms with Crippen LogP contribution in [0.4, 0.5) is 16.4 Å². The second-order valence-electron chi connectivity index (χ2n) is 12.5. The fraction of sp³-hybridized carbons (Fsp3) is 0.364. The number of rotatable bonds is 7. The number of pyridine rings is 1. The van der Waals surface area contributed by atoms with Crippen molar-refractivity contribution in [3.8, 4) is 22.9 Å². The molecule has 4 aromatic rings. The maximum Gasteiger partial charge on any atom is 0.407 e. The molecule has 3 heterocycles. The molecule has 0 aliphatic carbocycles. The number of aromatic nitrogens is 3. The minimum absolute atomic E-state index is 0.0402. The highest BCUT2D eigenvalue weighted by Crippen LogP contribution is 2.39. The highest BCUT2D eigenvalue weighted by atomic mass is 16.5. The van der Waals surface area contributed by atoms with Gasteiger partial charge in [-0.05, 0) is 54.5 Å². The third-order valence-corrected chi connectivity index (χ3v) is 7.34. The molecule has 10 nitrogen and oxygen atoms in total. The van der Waals surface area contributed by atoms with Gasteiger partial charge < -0.3 is 25.4 Å². The first-order valence-corrected chi connectivity index (χ1v) is 14.5. The molecule has 1 saturated heterocycles. The fourth-order valence-corrected chi connectivity index (χ4v) is 5.50. The van der Waals surface area contributed by atoms with E-state index in [0.717, 1.165) is 28.4 Å². The highest BCUT2D eigenvalue weighted by molar-refractivity contribution is 6.04. The number of benzene rings is 2. The maximum atomic E-state index is 12.7. The van der Waals surface area contributed by atoms with E-state index in [9.17, 15) is 14.7 Å². The number of amides is 2. The first-order chi connectivity index (χ1) is 20.5. The number of likely N-dealkylation sites (tertiary alicyclic amines) is 1. The number of nitrogens with zero attached hydrogens (tertiary/aromatic N) is 4. The summed E-state index contributed by atoms with van der Waals surface area (Å²) in [4.78, 5) is 39.4. The number of nitrogens with one attached hydrogen (secondary N) is 2. The van der Waals surface area contributed by atoms with Crippen molar-refractivity contribution >= 4 is 34.4 Å². The molecule has 10 heteroatoms. The summed E-state index contributed by atoms with van der Waals surface area (Å²) in [5.74, 6) is 1.62. The number of piperidine rings is 1. The van der Waals surface area contributed by atoms with Crippen molar-refractivity contribution in [3.63, 3.8) is 0 Å². The first kappa shape index (κ1) is 29.8. The number of hydrogen-bond donors (Lipinski definition) is 3. The third kappa shape index (κ3) is 7.20. The normalized spacial score (nSPS) is 17.0. The van der Waals surface area contributed by atoms with Crippen LogP contribution < -0.4 is 15.4 Å². The molecule has 43 heavy (non-hydrogen) atoms. The van der Waals surface area contributed by atoms with E-state index in [4.69, 9.17) is 9.72 Å². The zero-order valence-corrected chi connectivity index (χ0v) is 25.2. The van der Waals surface area contributed by atoms with E-state index in [2.05, 4.69) is 20.6 Å². The zero-order valence-electron chi connectivity index (χ0n) is 25.2. The van der Waals surface area contributed by atoms with Gasteiger partial charge in [0.1, 0.15) is 5.75 Å². The fourth-order valence-electron chi connectivity index (χ4n) is 5.50. The lowest BCUT2D eigenvalue weighted by Gasteiger charge is -2.35. The molecular formula is C33H38N6O4. The lowest BCUT2D eigenvalue weighted by atomic mass is 9.92. The number of ether oxygens (including phenoxy) is 1. The molecule has 0 spiro atoms. The van der Waals surface area contributed by atoms with Crippen molar-refractivity contribution in [2.75, 3.05) is 23.7 Å². The van der Waals surface area contributed by atoms with Crippen molar-refractivity contribution < 1.29 is 19.4 Å². The number of anilines is 2. The zero-order chi connectivity index (χ0) is 30.7. The van der Waals surface area contributed by atoms with Gasteiger partial charge in [-0.3, -0.25) is 4.79 Å². The van der Waals surface area contributed by atoms with Crippen LogP contribution >= 0.6 is 0 Å². The lowest BCUT2D eigenvalue weighted by Crippen LogP contribution is -2.47. The molecule has 3 N–H and O–H groups in total. The molecule has 1 aliphatic heterocycles. The van der Waals surface area contributed by atoms with Crippen molar-refractivity contribution in [3.05, 3.63) is 66.5 Å². The second-order valence-corrected chi connectivity index (χ2v) is 12.5. The Balaban J connectivity index is 1.43. The molecule has 2 aromatic carbocycles. The van der Waals surface area contributed by atoms with E-state index in [1.54, 1.807) is 18.5 Å². The Morgan fingerprint density at radius 1 is 1.02 bits per heavy atom. The smallest absolute Gasteiger partial charge is 0.407 e. The molecule has 1 aliphatic rings. The van der Waals surface area contributed by atoms with Gasteiger partial charge in [0.15, 0.2) is 0 Å². The Labute approximate surface area is 251 Å². The summed E-state index contributed by atoms with van der Waals surface area (Å²) in [7, 11) is 0. The molecular weight excluding hydrogens is 544 g/mol. The predicted octanol–water partition coefficient (Wildman–Crippen LogP) is 6.97. The average Bonchev–Trinajstić information content (AvgIpc) is 2.94.